The molecule has 2 atom stereocenters. The van der Waals surface area contributed by atoms with Gasteiger partial charge in [0.15, 0.2) is 6.10 Å². The standard InChI is InChI=1S/C12H24O3/c1-6-8-11(7-2)15-10(5)12(13)14-9(3)4/h9-11H,6-8H2,1-5H3. The Morgan fingerprint density at radius 3 is 2.20 bits per heavy atom. The smallest absolute Gasteiger partial charge is 0.335 e. The van der Waals surface area contributed by atoms with Gasteiger partial charge in [0.2, 0.25) is 0 Å². The van der Waals surface area contributed by atoms with Gasteiger partial charge in [-0.3, -0.25) is 0 Å². The maximum atomic E-state index is 11.5. The van der Waals surface area contributed by atoms with Gasteiger partial charge in [-0.25, -0.2) is 4.79 Å². The van der Waals surface area contributed by atoms with Crippen molar-refractivity contribution in [3.63, 3.8) is 0 Å². The number of rotatable bonds is 7. The quantitative estimate of drug-likeness (QED) is 0.614. The molecule has 0 radical (unpaired) electrons. The van der Waals surface area contributed by atoms with Crippen molar-refractivity contribution in [2.24, 2.45) is 0 Å². The highest BCUT2D eigenvalue weighted by atomic mass is 16.6. The second-order valence-electron chi connectivity index (χ2n) is 4.08. The average Bonchev–Trinajstić information content (AvgIpc) is 2.15. The first kappa shape index (κ1) is 14.4. The Hall–Kier alpha value is -0.570. The molecule has 0 N–H and O–H groups in total. The molecule has 0 aromatic rings. The minimum Gasteiger partial charge on any atom is -0.461 e. The molecule has 15 heavy (non-hydrogen) atoms. The molecule has 0 heterocycles. The summed E-state index contributed by atoms with van der Waals surface area (Å²) in [6, 6.07) is 0. The number of carbonyl (C=O) groups is 1. The van der Waals surface area contributed by atoms with Crippen molar-refractivity contribution >= 4 is 5.97 Å². The second-order valence-corrected chi connectivity index (χ2v) is 4.08. The van der Waals surface area contributed by atoms with Crippen molar-refractivity contribution in [1.29, 1.82) is 0 Å². The second kappa shape index (κ2) is 7.69. The van der Waals surface area contributed by atoms with Crippen molar-refractivity contribution in [1.82, 2.24) is 0 Å². The fourth-order valence-corrected chi connectivity index (χ4v) is 1.36. The van der Waals surface area contributed by atoms with Crippen LogP contribution in [0.5, 0.6) is 0 Å². The Labute approximate surface area is 93.1 Å². The molecule has 0 aliphatic rings. The zero-order chi connectivity index (χ0) is 11.8. The van der Waals surface area contributed by atoms with E-state index in [-0.39, 0.29) is 18.2 Å². The third kappa shape index (κ3) is 6.50. The molecule has 0 saturated carbocycles. The van der Waals surface area contributed by atoms with E-state index in [2.05, 4.69) is 13.8 Å². The first-order valence-corrected chi connectivity index (χ1v) is 5.87. The summed E-state index contributed by atoms with van der Waals surface area (Å²) in [5.74, 6) is -0.264. The summed E-state index contributed by atoms with van der Waals surface area (Å²) in [6.45, 7) is 9.62. The van der Waals surface area contributed by atoms with Crippen LogP contribution in [0.1, 0.15) is 53.9 Å². The Bertz CT molecular complexity index is 178. The van der Waals surface area contributed by atoms with E-state index in [1.54, 1.807) is 6.92 Å². The van der Waals surface area contributed by atoms with Crippen LogP contribution in [0.3, 0.4) is 0 Å². The molecule has 0 aromatic heterocycles. The van der Waals surface area contributed by atoms with Crippen LogP contribution in [0.4, 0.5) is 0 Å². The lowest BCUT2D eigenvalue weighted by Crippen LogP contribution is -2.30. The van der Waals surface area contributed by atoms with Crippen molar-refractivity contribution in [3.05, 3.63) is 0 Å². The molecule has 0 bridgehead atoms. The van der Waals surface area contributed by atoms with Gasteiger partial charge in [-0.2, -0.15) is 0 Å². The van der Waals surface area contributed by atoms with Crippen molar-refractivity contribution in [2.75, 3.05) is 0 Å². The van der Waals surface area contributed by atoms with E-state index in [1.165, 1.54) is 0 Å². The van der Waals surface area contributed by atoms with Crippen LogP contribution in [0.2, 0.25) is 0 Å². The van der Waals surface area contributed by atoms with Crippen LogP contribution in [0.25, 0.3) is 0 Å². The average molecular weight is 216 g/mol. The highest BCUT2D eigenvalue weighted by Gasteiger charge is 2.19. The molecule has 0 aliphatic carbocycles. The summed E-state index contributed by atoms with van der Waals surface area (Å²) in [6.07, 6.45) is 2.65. The van der Waals surface area contributed by atoms with E-state index in [1.807, 2.05) is 13.8 Å². The summed E-state index contributed by atoms with van der Waals surface area (Å²) in [7, 11) is 0. The molecule has 0 spiro atoms. The summed E-state index contributed by atoms with van der Waals surface area (Å²) in [5, 5.41) is 0. The van der Waals surface area contributed by atoms with Gasteiger partial charge < -0.3 is 9.47 Å². The number of esters is 1. The zero-order valence-electron chi connectivity index (χ0n) is 10.6. The predicted octanol–water partition coefficient (Wildman–Crippen LogP) is 2.92. The fourth-order valence-electron chi connectivity index (χ4n) is 1.36. The first-order chi connectivity index (χ1) is 7.01. The Morgan fingerprint density at radius 1 is 1.20 bits per heavy atom. The maximum absolute atomic E-state index is 11.5. The molecule has 0 aromatic carbocycles. The Kier molecular flexibility index (Phi) is 7.39. The van der Waals surface area contributed by atoms with Gasteiger partial charge in [0, 0.05) is 0 Å². The van der Waals surface area contributed by atoms with Gasteiger partial charge in [0.1, 0.15) is 0 Å². The topological polar surface area (TPSA) is 35.5 Å². The van der Waals surface area contributed by atoms with E-state index in [0.29, 0.717) is 0 Å². The molecular weight excluding hydrogens is 192 g/mol. The SMILES string of the molecule is CCCC(CC)OC(C)C(=O)OC(C)C. The van der Waals surface area contributed by atoms with Crippen LogP contribution in [-0.2, 0) is 14.3 Å². The molecule has 0 amide bonds. The molecule has 3 nitrogen and oxygen atoms in total. The van der Waals surface area contributed by atoms with Crippen molar-refractivity contribution < 1.29 is 14.3 Å². The van der Waals surface area contributed by atoms with E-state index >= 15 is 0 Å². The van der Waals surface area contributed by atoms with Crippen LogP contribution in [-0.4, -0.2) is 24.3 Å². The van der Waals surface area contributed by atoms with Gasteiger partial charge in [-0.05, 0) is 33.6 Å². The lowest BCUT2D eigenvalue weighted by Gasteiger charge is -2.20. The molecule has 0 aliphatic heterocycles. The summed E-state index contributed by atoms with van der Waals surface area (Å²) in [4.78, 5) is 11.5. The summed E-state index contributed by atoms with van der Waals surface area (Å²) >= 11 is 0. The predicted molar refractivity (Wildman–Crippen MR) is 60.8 cm³/mol. The minimum absolute atomic E-state index is 0.0743. The first-order valence-electron chi connectivity index (χ1n) is 5.87. The van der Waals surface area contributed by atoms with E-state index < -0.39 is 6.10 Å². The fraction of sp³-hybridized carbons (Fsp3) is 0.917. The van der Waals surface area contributed by atoms with Gasteiger partial charge in [-0.1, -0.05) is 20.3 Å². The van der Waals surface area contributed by atoms with Gasteiger partial charge >= 0.3 is 5.97 Å². The normalized spacial score (nSPS) is 15.1. The number of ether oxygens (including phenoxy) is 2. The lowest BCUT2D eigenvalue weighted by atomic mass is 10.1. The van der Waals surface area contributed by atoms with Crippen molar-refractivity contribution in [2.45, 2.75) is 72.2 Å². The highest BCUT2D eigenvalue weighted by molar-refractivity contribution is 5.74. The zero-order valence-corrected chi connectivity index (χ0v) is 10.6. The van der Waals surface area contributed by atoms with Gasteiger partial charge in [0.05, 0.1) is 12.2 Å². The third-order valence-electron chi connectivity index (χ3n) is 2.15. The molecule has 0 fully saturated rings. The van der Waals surface area contributed by atoms with Crippen molar-refractivity contribution in [3.8, 4) is 0 Å². The lowest BCUT2D eigenvalue weighted by molar-refractivity contribution is -0.163. The van der Waals surface area contributed by atoms with E-state index in [9.17, 15) is 4.79 Å². The molecule has 0 saturated heterocycles. The molecule has 90 valence electrons. The van der Waals surface area contributed by atoms with Crippen LogP contribution in [0.15, 0.2) is 0 Å². The Balaban J connectivity index is 3.97. The monoisotopic (exact) mass is 216 g/mol. The van der Waals surface area contributed by atoms with Gasteiger partial charge in [-0.15, -0.1) is 0 Å². The van der Waals surface area contributed by atoms with E-state index in [4.69, 9.17) is 9.47 Å². The number of hydrogen-bond acceptors (Lipinski definition) is 3. The molecule has 0 rings (SSSR count). The van der Waals surface area contributed by atoms with Crippen LogP contribution < -0.4 is 0 Å². The third-order valence-corrected chi connectivity index (χ3v) is 2.15. The largest absolute Gasteiger partial charge is 0.461 e. The number of carbonyl (C=O) groups excluding carboxylic acids is 1. The number of hydrogen-bond donors (Lipinski definition) is 0. The van der Waals surface area contributed by atoms with Crippen LogP contribution >= 0.6 is 0 Å². The van der Waals surface area contributed by atoms with E-state index in [0.717, 1.165) is 19.3 Å². The molecular formula is C12H24O3. The highest BCUT2D eigenvalue weighted by Crippen LogP contribution is 2.10. The van der Waals surface area contributed by atoms with Gasteiger partial charge in [0.25, 0.3) is 0 Å². The summed E-state index contributed by atoms with van der Waals surface area (Å²) in [5.41, 5.74) is 0. The minimum atomic E-state index is -0.455. The summed E-state index contributed by atoms with van der Waals surface area (Å²) < 4.78 is 10.7. The maximum Gasteiger partial charge on any atom is 0.335 e. The van der Waals surface area contributed by atoms with Crippen LogP contribution in [0, 0.1) is 0 Å². The Morgan fingerprint density at radius 2 is 1.80 bits per heavy atom. The molecule has 3 heteroatoms. The molecule has 2 unspecified atom stereocenters.